The van der Waals surface area contributed by atoms with E-state index in [1.54, 1.807) is 0 Å². The molecule has 0 fully saturated rings. The van der Waals surface area contributed by atoms with Gasteiger partial charge in [-0.1, -0.05) is 245 Å². The Morgan fingerprint density at radius 2 is 0.593 bits per heavy atom. The Labute approximate surface area is 398 Å². The molecule has 59 heavy (non-hydrogen) atoms. The minimum atomic E-state index is -4.60. The van der Waals surface area contributed by atoms with Crippen molar-refractivity contribution in [2.75, 3.05) is 13.2 Å². The summed E-state index contributed by atoms with van der Waals surface area (Å²) < 4.78 is 73.7. The Balaban J connectivity index is -0.00000105. The molecule has 2 atom stereocenters. The predicted molar refractivity (Wildman–Crippen MR) is 251 cm³/mol. The fraction of sp³-hybridized carbons (Fsp3) is 0.917. The predicted octanol–water partition coefficient (Wildman–Crippen LogP) is 15.0. The fourth-order valence-corrected chi connectivity index (χ4v) is 7.94. The van der Waals surface area contributed by atoms with E-state index in [4.69, 9.17) is 0 Å². The van der Waals surface area contributed by atoms with Gasteiger partial charge in [0, 0.05) is 11.8 Å². The second-order valence-corrected chi connectivity index (χ2v) is 18.9. The van der Waals surface area contributed by atoms with E-state index in [1.807, 2.05) is 0 Å². The van der Waals surface area contributed by atoms with Crippen LogP contribution in [0.5, 0.6) is 0 Å². The summed E-state index contributed by atoms with van der Waals surface area (Å²) in [6.45, 7) is 8.91. The zero-order valence-electron chi connectivity index (χ0n) is 39.1. The van der Waals surface area contributed by atoms with Crippen LogP contribution in [-0.2, 0) is 29.2 Å². The second-order valence-electron chi connectivity index (χ2n) is 16.8. The van der Waals surface area contributed by atoms with Crippen molar-refractivity contribution >= 4 is 58.5 Å². The van der Waals surface area contributed by atoms with Gasteiger partial charge in [-0.25, -0.2) is 16.8 Å². The summed E-state index contributed by atoms with van der Waals surface area (Å²) in [5.74, 6) is 0.0423. The zero-order valence-corrected chi connectivity index (χ0v) is 43.0. The van der Waals surface area contributed by atoms with Gasteiger partial charge in [0.25, 0.3) is 0 Å². The summed E-state index contributed by atoms with van der Waals surface area (Å²) >= 11 is 0. The number of hydrogen-bond donors (Lipinski definition) is 0. The van der Waals surface area contributed by atoms with Crippen LogP contribution in [0.15, 0.2) is 24.3 Å². The van der Waals surface area contributed by atoms with Gasteiger partial charge in [0.15, 0.2) is 0 Å². The molecule has 11 heteroatoms. The van der Waals surface area contributed by atoms with E-state index in [2.05, 4.69) is 60.4 Å². The van der Waals surface area contributed by atoms with Crippen molar-refractivity contribution in [1.82, 2.24) is 0 Å². The van der Waals surface area contributed by atoms with Crippen molar-refractivity contribution in [1.29, 1.82) is 0 Å². The van der Waals surface area contributed by atoms with Crippen LogP contribution in [0, 0.1) is 11.8 Å². The molecular weight excluding hydrogens is 809 g/mol. The molecule has 0 aliphatic heterocycles. The summed E-state index contributed by atoms with van der Waals surface area (Å²) in [4.78, 5) is 0. The Hall–Kier alpha value is 0.480. The third kappa shape index (κ3) is 58.5. The summed E-state index contributed by atoms with van der Waals surface area (Å²) in [5.41, 5.74) is 0. The summed E-state index contributed by atoms with van der Waals surface area (Å²) in [6, 6.07) is 0. The molecule has 0 aliphatic carbocycles. The molecule has 0 rings (SSSR count). The van der Waals surface area contributed by atoms with E-state index in [-0.39, 0.29) is 62.8 Å². The Morgan fingerprint density at radius 3 is 0.831 bits per heavy atom. The van der Waals surface area contributed by atoms with Crippen LogP contribution in [0.1, 0.15) is 259 Å². The molecule has 348 valence electrons. The van der Waals surface area contributed by atoms with E-state index in [0.717, 1.165) is 38.5 Å². The summed E-state index contributed by atoms with van der Waals surface area (Å²) in [5, 5.41) is 0. The first-order chi connectivity index (χ1) is 28.0. The minimum Gasteiger partial charge on any atom is -0.726 e. The van der Waals surface area contributed by atoms with Gasteiger partial charge in [0.1, 0.15) is 0 Å². The van der Waals surface area contributed by atoms with Crippen LogP contribution >= 0.6 is 0 Å². The van der Waals surface area contributed by atoms with Gasteiger partial charge in [-0.2, -0.15) is 0 Å². The van der Waals surface area contributed by atoms with Gasteiger partial charge in [-0.05, 0) is 38.5 Å². The maximum absolute atomic E-state index is 10.8. The fourth-order valence-electron chi connectivity index (χ4n) is 7.26. The van der Waals surface area contributed by atoms with Crippen LogP contribution in [-0.4, -0.2) is 76.9 Å². The summed E-state index contributed by atoms with van der Waals surface area (Å²) in [7, 11) is -9.21. The smallest absolute Gasteiger partial charge is 0.726 e. The standard InChI is InChI=1S/2C24H48O4S.Ca/c2*1-3-5-7-9-11-13-15-17-19-21-24(23-28-29(25,26)27)22-20-18-16-14-12-10-8-6-4-2;/h2*19,21,24H,3-18,20,22-23H2,1-2H3,(H,25,26,27);/q;;+2/p-2/b2*21-19+;. The molecule has 0 aliphatic rings. The van der Waals surface area contributed by atoms with E-state index in [9.17, 15) is 25.9 Å². The van der Waals surface area contributed by atoms with Crippen LogP contribution in [0.4, 0.5) is 0 Å². The molecule has 2 unspecified atom stereocenters. The van der Waals surface area contributed by atoms with Crippen molar-refractivity contribution in [3.05, 3.63) is 24.3 Å². The van der Waals surface area contributed by atoms with Crippen LogP contribution in [0.25, 0.3) is 0 Å². The van der Waals surface area contributed by atoms with Crippen molar-refractivity contribution in [2.24, 2.45) is 11.8 Å². The Kier molecular flexibility index (Phi) is 53.5. The molecule has 0 N–H and O–H groups in total. The summed E-state index contributed by atoms with van der Waals surface area (Å²) in [6.07, 6.45) is 53.0. The average Bonchev–Trinajstić information content (AvgIpc) is 3.18. The molecule has 0 spiro atoms. The van der Waals surface area contributed by atoms with Crippen molar-refractivity contribution in [2.45, 2.75) is 259 Å². The monoisotopic (exact) mass is 903 g/mol. The quantitative estimate of drug-likeness (QED) is 0.0194. The largest absolute Gasteiger partial charge is 2.00 e. The van der Waals surface area contributed by atoms with Gasteiger partial charge in [0.05, 0.1) is 13.2 Å². The van der Waals surface area contributed by atoms with Crippen molar-refractivity contribution in [3.63, 3.8) is 0 Å². The first kappa shape index (κ1) is 63.8. The second kappa shape index (κ2) is 49.5. The molecule has 0 aromatic rings. The van der Waals surface area contributed by atoms with Crippen LogP contribution in [0.3, 0.4) is 0 Å². The maximum Gasteiger partial charge on any atom is 2.00 e. The minimum absolute atomic E-state index is 0. The third-order valence-corrected chi connectivity index (χ3v) is 11.8. The van der Waals surface area contributed by atoms with Gasteiger partial charge in [-0.3, -0.25) is 8.37 Å². The molecule has 0 bridgehead atoms. The first-order valence-electron chi connectivity index (χ1n) is 24.5. The molecule has 0 saturated carbocycles. The van der Waals surface area contributed by atoms with Gasteiger partial charge in [-0.15, -0.1) is 0 Å². The topological polar surface area (TPSA) is 133 Å². The molecule has 0 saturated heterocycles. The van der Waals surface area contributed by atoms with Gasteiger partial charge < -0.3 is 9.11 Å². The molecule has 0 aromatic carbocycles. The van der Waals surface area contributed by atoms with Crippen molar-refractivity contribution in [3.8, 4) is 0 Å². The van der Waals surface area contributed by atoms with Gasteiger partial charge >= 0.3 is 37.7 Å². The Morgan fingerprint density at radius 1 is 0.373 bits per heavy atom. The van der Waals surface area contributed by atoms with E-state index in [0.29, 0.717) is 0 Å². The van der Waals surface area contributed by atoms with Crippen molar-refractivity contribution < 1.29 is 34.3 Å². The third-order valence-electron chi connectivity index (χ3n) is 11.0. The number of hydrogen-bond acceptors (Lipinski definition) is 8. The molecule has 8 nitrogen and oxygen atoms in total. The maximum atomic E-state index is 10.8. The van der Waals surface area contributed by atoms with Crippen LogP contribution < -0.4 is 0 Å². The molecular formula is C48H94CaO8S2. The molecule has 0 radical (unpaired) electrons. The SMILES string of the molecule is CCCCCCCCC/C=C/C(CCCCCCCCCCC)COS(=O)(=O)[O-].CCCCCCCCC/C=C/C(CCCCCCCCCCC)COS(=O)(=O)[O-].[Ca+2]. The number of rotatable bonds is 44. The average molecular weight is 903 g/mol. The van der Waals surface area contributed by atoms with Gasteiger partial charge in [0.2, 0.25) is 20.8 Å². The van der Waals surface area contributed by atoms with E-state index >= 15 is 0 Å². The first-order valence-corrected chi connectivity index (χ1v) is 27.2. The number of unbranched alkanes of at least 4 members (excludes halogenated alkanes) is 30. The molecule has 0 amide bonds. The van der Waals surface area contributed by atoms with Crippen LogP contribution in [0.2, 0.25) is 0 Å². The van der Waals surface area contributed by atoms with E-state index in [1.165, 1.54) is 193 Å². The van der Waals surface area contributed by atoms with E-state index < -0.39 is 20.8 Å². The zero-order chi connectivity index (χ0) is 43.3. The molecule has 0 aromatic heterocycles. The number of allylic oxidation sites excluding steroid dienone is 2. The normalized spacial score (nSPS) is 13.1. The molecule has 0 heterocycles. The Bertz CT molecular complexity index is 1010.